The van der Waals surface area contributed by atoms with E-state index >= 15 is 0 Å². The molecule has 0 heterocycles. The SMILES string of the molecule is CCOP(=O)(CC1CCCCC1)C[C@H](O)CNC(C)c1ccc(Cl)c(Cl)c1. The van der Waals surface area contributed by atoms with Crippen LogP contribution in [-0.4, -0.2) is 36.7 Å². The Bertz CT molecular complexity index is 638. The minimum absolute atomic E-state index is 0.000704. The van der Waals surface area contributed by atoms with Crippen molar-refractivity contribution in [2.24, 2.45) is 5.92 Å². The van der Waals surface area contributed by atoms with Crippen LogP contribution in [-0.2, 0) is 9.09 Å². The van der Waals surface area contributed by atoms with Gasteiger partial charge in [-0.15, -0.1) is 0 Å². The molecule has 0 radical (unpaired) electrons. The lowest BCUT2D eigenvalue weighted by atomic mass is 9.91. The molecular formula is C20H32Cl2NO3P. The third-order valence-electron chi connectivity index (χ3n) is 5.22. The molecule has 2 unspecified atom stereocenters. The topological polar surface area (TPSA) is 58.6 Å². The van der Waals surface area contributed by atoms with Gasteiger partial charge >= 0.3 is 0 Å². The second-order valence-electron chi connectivity index (χ2n) is 7.56. The van der Waals surface area contributed by atoms with Crippen LogP contribution in [0.5, 0.6) is 0 Å². The fraction of sp³-hybridized carbons (Fsp3) is 0.700. The third-order valence-corrected chi connectivity index (χ3v) is 8.74. The van der Waals surface area contributed by atoms with Crippen LogP contribution in [0, 0.1) is 5.92 Å². The summed E-state index contributed by atoms with van der Waals surface area (Å²) >= 11 is 12.0. The van der Waals surface area contributed by atoms with E-state index in [1.54, 1.807) is 6.07 Å². The van der Waals surface area contributed by atoms with Crippen LogP contribution in [0.2, 0.25) is 10.0 Å². The van der Waals surface area contributed by atoms with Gasteiger partial charge in [0.05, 0.1) is 28.9 Å². The Morgan fingerprint density at radius 1 is 1.26 bits per heavy atom. The maximum atomic E-state index is 13.2. The number of hydrogen-bond acceptors (Lipinski definition) is 4. The number of aliphatic hydroxyl groups is 1. The molecule has 7 heteroatoms. The van der Waals surface area contributed by atoms with E-state index in [4.69, 9.17) is 27.7 Å². The van der Waals surface area contributed by atoms with Gasteiger partial charge in [-0.25, -0.2) is 0 Å². The summed E-state index contributed by atoms with van der Waals surface area (Å²) in [5, 5.41) is 14.8. The zero-order valence-corrected chi connectivity index (χ0v) is 18.7. The molecule has 3 atom stereocenters. The normalized spacial score (nSPS) is 20.2. The van der Waals surface area contributed by atoms with Gasteiger partial charge in [-0.1, -0.05) is 48.5 Å². The summed E-state index contributed by atoms with van der Waals surface area (Å²) in [5.74, 6) is 0.464. The molecule has 2 N–H and O–H groups in total. The van der Waals surface area contributed by atoms with Crippen LogP contribution in [0.4, 0.5) is 0 Å². The molecule has 4 nitrogen and oxygen atoms in total. The highest BCUT2D eigenvalue weighted by atomic mass is 35.5. The lowest BCUT2D eigenvalue weighted by Gasteiger charge is -2.28. The zero-order valence-electron chi connectivity index (χ0n) is 16.3. The van der Waals surface area contributed by atoms with Crippen molar-refractivity contribution < 1.29 is 14.2 Å². The average molecular weight is 436 g/mol. The lowest BCUT2D eigenvalue weighted by molar-refractivity contribution is 0.182. The molecule has 0 aromatic heterocycles. The number of aliphatic hydroxyl groups excluding tert-OH is 1. The van der Waals surface area contributed by atoms with Crippen LogP contribution in [0.1, 0.15) is 57.6 Å². The van der Waals surface area contributed by atoms with Crippen molar-refractivity contribution in [1.29, 1.82) is 0 Å². The first-order valence-electron chi connectivity index (χ1n) is 9.92. The van der Waals surface area contributed by atoms with Crippen LogP contribution in [0.25, 0.3) is 0 Å². The number of halogens is 2. The van der Waals surface area contributed by atoms with Crippen LogP contribution in [0.3, 0.4) is 0 Å². The van der Waals surface area contributed by atoms with E-state index in [0.717, 1.165) is 18.4 Å². The monoisotopic (exact) mass is 435 g/mol. The van der Waals surface area contributed by atoms with Gasteiger partial charge in [0.1, 0.15) is 0 Å². The van der Waals surface area contributed by atoms with E-state index in [0.29, 0.717) is 35.3 Å². The Kier molecular flexibility index (Phi) is 9.61. The van der Waals surface area contributed by atoms with Gasteiger partial charge in [0.15, 0.2) is 0 Å². The molecule has 1 aromatic carbocycles. The molecule has 0 saturated heterocycles. The maximum Gasteiger partial charge on any atom is 0.206 e. The van der Waals surface area contributed by atoms with Gasteiger partial charge in [-0.05, 0) is 50.3 Å². The summed E-state index contributed by atoms with van der Waals surface area (Å²) in [4.78, 5) is 0. The predicted molar refractivity (Wildman–Crippen MR) is 114 cm³/mol. The average Bonchev–Trinajstić information content (AvgIpc) is 2.62. The van der Waals surface area contributed by atoms with E-state index in [-0.39, 0.29) is 12.2 Å². The molecule has 2 rings (SSSR count). The van der Waals surface area contributed by atoms with E-state index < -0.39 is 13.5 Å². The van der Waals surface area contributed by atoms with Crippen LogP contribution in [0.15, 0.2) is 18.2 Å². The Morgan fingerprint density at radius 3 is 2.59 bits per heavy atom. The van der Waals surface area contributed by atoms with E-state index in [9.17, 15) is 9.67 Å². The minimum Gasteiger partial charge on any atom is -0.391 e. The van der Waals surface area contributed by atoms with Crippen molar-refractivity contribution >= 4 is 30.6 Å². The molecule has 0 bridgehead atoms. The van der Waals surface area contributed by atoms with E-state index in [2.05, 4.69) is 5.32 Å². The first kappa shape index (κ1) is 23.2. The molecule has 1 fully saturated rings. The predicted octanol–water partition coefficient (Wildman–Crippen LogP) is 5.90. The van der Waals surface area contributed by atoms with Crippen molar-refractivity contribution in [1.82, 2.24) is 5.32 Å². The Balaban J connectivity index is 1.87. The standard InChI is InChI=1S/C20H32Cl2NO3P/c1-3-26-27(25,13-16-7-5-4-6-8-16)14-18(24)12-23-15(2)17-9-10-19(21)20(22)11-17/h9-11,15-16,18,23-24H,3-8,12-14H2,1-2H3/t15?,18-,27?/m1/s1. The van der Waals surface area contributed by atoms with Crippen LogP contribution < -0.4 is 5.32 Å². The number of nitrogens with one attached hydrogen (secondary N) is 1. The number of rotatable bonds is 10. The second kappa shape index (κ2) is 11.2. The summed E-state index contributed by atoms with van der Waals surface area (Å²) in [5.41, 5.74) is 0.992. The van der Waals surface area contributed by atoms with Gasteiger partial charge in [0, 0.05) is 18.7 Å². The van der Waals surface area contributed by atoms with Crippen molar-refractivity contribution in [3.05, 3.63) is 33.8 Å². The maximum absolute atomic E-state index is 13.2. The third kappa shape index (κ3) is 7.68. The zero-order chi connectivity index (χ0) is 19.9. The van der Waals surface area contributed by atoms with Crippen molar-refractivity contribution in [2.75, 3.05) is 25.5 Å². The minimum atomic E-state index is -2.82. The molecule has 1 saturated carbocycles. The summed E-state index contributed by atoms with van der Waals surface area (Å²) in [7, 11) is -2.82. The Labute approximate surface area is 173 Å². The van der Waals surface area contributed by atoms with Gasteiger partial charge in [-0.2, -0.15) is 0 Å². The summed E-state index contributed by atoms with van der Waals surface area (Å²) in [6.45, 7) is 4.63. The quantitative estimate of drug-likeness (QED) is 0.449. The molecule has 154 valence electrons. The molecule has 1 aromatic rings. The molecule has 0 aliphatic heterocycles. The smallest absolute Gasteiger partial charge is 0.206 e. The second-order valence-corrected chi connectivity index (χ2v) is 11.0. The summed E-state index contributed by atoms with van der Waals surface area (Å²) < 4.78 is 18.9. The fourth-order valence-corrected chi connectivity index (χ4v) is 6.84. The lowest BCUT2D eigenvalue weighted by Crippen LogP contribution is -2.32. The van der Waals surface area contributed by atoms with E-state index in [1.807, 2.05) is 26.0 Å². The molecule has 27 heavy (non-hydrogen) atoms. The summed E-state index contributed by atoms with van der Waals surface area (Å²) in [6.07, 6.45) is 6.04. The van der Waals surface area contributed by atoms with Crippen LogP contribution >= 0.6 is 30.6 Å². The van der Waals surface area contributed by atoms with Gasteiger partial charge in [0.2, 0.25) is 7.37 Å². The van der Waals surface area contributed by atoms with Crippen molar-refractivity contribution in [3.63, 3.8) is 0 Å². The van der Waals surface area contributed by atoms with Gasteiger partial charge < -0.3 is 14.9 Å². The first-order valence-corrected chi connectivity index (χ1v) is 12.7. The highest BCUT2D eigenvalue weighted by Gasteiger charge is 2.31. The number of benzene rings is 1. The Morgan fingerprint density at radius 2 is 1.96 bits per heavy atom. The van der Waals surface area contributed by atoms with Gasteiger partial charge in [-0.3, -0.25) is 4.57 Å². The Hall–Kier alpha value is -0.0900. The number of hydrogen-bond donors (Lipinski definition) is 2. The van der Waals surface area contributed by atoms with Crippen molar-refractivity contribution in [3.8, 4) is 0 Å². The summed E-state index contributed by atoms with van der Waals surface area (Å²) in [6, 6.07) is 5.50. The fourth-order valence-electron chi connectivity index (χ4n) is 3.78. The largest absolute Gasteiger partial charge is 0.391 e. The highest BCUT2D eigenvalue weighted by Crippen LogP contribution is 2.51. The van der Waals surface area contributed by atoms with E-state index in [1.165, 1.54) is 19.3 Å². The molecular weight excluding hydrogens is 404 g/mol. The highest BCUT2D eigenvalue weighted by molar-refractivity contribution is 7.59. The van der Waals surface area contributed by atoms with Crippen molar-refractivity contribution in [2.45, 2.75) is 58.1 Å². The molecule has 0 spiro atoms. The molecule has 1 aliphatic carbocycles. The molecule has 0 amide bonds. The first-order chi connectivity index (χ1) is 12.8. The van der Waals surface area contributed by atoms with Gasteiger partial charge in [0.25, 0.3) is 0 Å². The molecule has 1 aliphatic rings.